The molecule has 0 radical (unpaired) electrons. The molecule has 0 spiro atoms. The lowest BCUT2D eigenvalue weighted by Gasteiger charge is -2.06. The highest BCUT2D eigenvalue weighted by Crippen LogP contribution is 2.22. The first kappa shape index (κ1) is 13.1. The molecule has 0 amide bonds. The average molecular weight is 284 g/mol. The number of aromatic nitrogens is 5. The second-order valence-electron chi connectivity index (χ2n) is 3.52. The first-order valence-electron chi connectivity index (χ1n) is 5.39. The number of hydrogen-bond acceptors (Lipinski definition) is 7. The summed E-state index contributed by atoms with van der Waals surface area (Å²) < 4.78 is 1.81. The largest absolute Gasteiger partial charge is 0.357 e. The van der Waals surface area contributed by atoms with E-state index in [1.54, 1.807) is 6.33 Å². The van der Waals surface area contributed by atoms with E-state index >= 15 is 0 Å². The van der Waals surface area contributed by atoms with Gasteiger partial charge in [0.05, 0.1) is 11.5 Å². The van der Waals surface area contributed by atoms with Crippen molar-refractivity contribution in [2.75, 3.05) is 5.32 Å². The Morgan fingerprint density at radius 3 is 3.05 bits per heavy atom. The van der Waals surface area contributed by atoms with Gasteiger partial charge in [0.2, 0.25) is 11.1 Å². The maximum absolute atomic E-state index is 10.8. The molecule has 100 valence electrons. The van der Waals surface area contributed by atoms with Crippen LogP contribution in [0.4, 0.5) is 11.5 Å². The Bertz CT molecular complexity index is 600. The molecule has 0 aromatic carbocycles. The first-order valence-corrected chi connectivity index (χ1v) is 5.77. The zero-order valence-corrected chi connectivity index (χ0v) is 10.7. The standard InChI is InChI=1S/C9H10ClN7O2/c1-2-16-5-13-15-7(16)4-11-8-6(17(18)19)3-12-9(10)14-8/h3,5H,2,4H2,1H3,(H,11,12,14). The van der Waals surface area contributed by atoms with Crippen LogP contribution in [0.15, 0.2) is 12.5 Å². The Hall–Kier alpha value is -2.29. The molecule has 0 aliphatic rings. The van der Waals surface area contributed by atoms with Crippen LogP contribution in [-0.2, 0) is 13.1 Å². The van der Waals surface area contributed by atoms with Gasteiger partial charge in [-0.05, 0) is 18.5 Å². The predicted molar refractivity (Wildman–Crippen MR) is 66.7 cm³/mol. The summed E-state index contributed by atoms with van der Waals surface area (Å²) in [5.74, 6) is 0.696. The molecule has 0 saturated heterocycles. The summed E-state index contributed by atoms with van der Waals surface area (Å²) in [6.07, 6.45) is 2.64. The molecule has 0 aliphatic heterocycles. The zero-order valence-electron chi connectivity index (χ0n) is 9.95. The Morgan fingerprint density at radius 1 is 1.58 bits per heavy atom. The predicted octanol–water partition coefficient (Wildman–Crippen LogP) is 1.26. The van der Waals surface area contributed by atoms with Gasteiger partial charge in [-0.15, -0.1) is 10.2 Å². The van der Waals surface area contributed by atoms with Crippen molar-refractivity contribution in [3.05, 3.63) is 33.7 Å². The van der Waals surface area contributed by atoms with Crippen LogP contribution in [-0.4, -0.2) is 29.7 Å². The van der Waals surface area contributed by atoms with E-state index in [1.807, 2.05) is 11.5 Å². The van der Waals surface area contributed by atoms with Gasteiger partial charge >= 0.3 is 5.69 Å². The highest BCUT2D eigenvalue weighted by molar-refractivity contribution is 6.28. The number of aryl methyl sites for hydroxylation is 1. The Morgan fingerprint density at radius 2 is 2.37 bits per heavy atom. The lowest BCUT2D eigenvalue weighted by Crippen LogP contribution is -2.10. The van der Waals surface area contributed by atoms with Gasteiger partial charge in [-0.2, -0.15) is 4.98 Å². The van der Waals surface area contributed by atoms with Crippen LogP contribution >= 0.6 is 11.6 Å². The molecule has 2 rings (SSSR count). The monoisotopic (exact) mass is 283 g/mol. The molecular formula is C9H10ClN7O2. The second kappa shape index (κ2) is 5.57. The fourth-order valence-corrected chi connectivity index (χ4v) is 1.59. The molecule has 0 aliphatic carbocycles. The highest BCUT2D eigenvalue weighted by Gasteiger charge is 2.17. The van der Waals surface area contributed by atoms with Gasteiger partial charge in [0.25, 0.3) is 0 Å². The molecule has 2 aromatic rings. The molecule has 9 nitrogen and oxygen atoms in total. The first-order chi connectivity index (χ1) is 9.11. The number of nitrogens with zero attached hydrogens (tertiary/aromatic N) is 6. The van der Waals surface area contributed by atoms with E-state index in [1.165, 1.54) is 0 Å². The third-order valence-electron chi connectivity index (χ3n) is 2.39. The molecule has 1 N–H and O–H groups in total. The molecular weight excluding hydrogens is 274 g/mol. The van der Waals surface area contributed by atoms with E-state index < -0.39 is 4.92 Å². The molecule has 2 aromatic heterocycles. The lowest BCUT2D eigenvalue weighted by molar-refractivity contribution is -0.384. The summed E-state index contributed by atoms with van der Waals surface area (Å²) in [7, 11) is 0. The van der Waals surface area contributed by atoms with Gasteiger partial charge in [0.15, 0.2) is 5.82 Å². The van der Waals surface area contributed by atoms with Crippen LogP contribution in [0.5, 0.6) is 0 Å². The zero-order chi connectivity index (χ0) is 13.8. The van der Waals surface area contributed by atoms with E-state index in [2.05, 4.69) is 25.5 Å². The number of hydrogen-bond donors (Lipinski definition) is 1. The topological polar surface area (TPSA) is 112 Å². The molecule has 0 atom stereocenters. The van der Waals surface area contributed by atoms with Crippen LogP contribution in [0, 0.1) is 10.1 Å². The van der Waals surface area contributed by atoms with Crippen molar-refractivity contribution in [1.82, 2.24) is 24.7 Å². The minimum Gasteiger partial charge on any atom is -0.357 e. The molecule has 10 heteroatoms. The normalized spacial score (nSPS) is 10.4. The summed E-state index contributed by atoms with van der Waals surface area (Å²) >= 11 is 5.62. The van der Waals surface area contributed by atoms with E-state index in [0.29, 0.717) is 12.4 Å². The van der Waals surface area contributed by atoms with E-state index in [9.17, 15) is 10.1 Å². The Labute approximate surface area is 112 Å². The van der Waals surface area contributed by atoms with Crippen molar-refractivity contribution in [2.45, 2.75) is 20.0 Å². The Balaban J connectivity index is 2.19. The summed E-state index contributed by atoms with van der Waals surface area (Å²) in [4.78, 5) is 17.6. The minimum atomic E-state index is -0.580. The van der Waals surface area contributed by atoms with Gasteiger partial charge in [0, 0.05) is 6.54 Å². The number of halogens is 1. The number of nitro groups is 1. The maximum Gasteiger partial charge on any atom is 0.329 e. The van der Waals surface area contributed by atoms with Gasteiger partial charge in [-0.3, -0.25) is 10.1 Å². The van der Waals surface area contributed by atoms with Crippen LogP contribution in [0.25, 0.3) is 0 Å². The minimum absolute atomic E-state index is 0.0515. The quantitative estimate of drug-likeness (QED) is 0.499. The molecule has 0 saturated carbocycles. The number of rotatable bonds is 5. The fourth-order valence-electron chi connectivity index (χ4n) is 1.46. The average Bonchev–Trinajstić information content (AvgIpc) is 2.83. The van der Waals surface area contributed by atoms with Crippen molar-refractivity contribution in [3.8, 4) is 0 Å². The summed E-state index contributed by atoms with van der Waals surface area (Å²) in [6, 6.07) is 0. The number of anilines is 1. The molecule has 0 bridgehead atoms. The van der Waals surface area contributed by atoms with Crippen LogP contribution in [0.1, 0.15) is 12.7 Å². The van der Waals surface area contributed by atoms with Crippen molar-refractivity contribution >= 4 is 23.1 Å². The molecule has 19 heavy (non-hydrogen) atoms. The van der Waals surface area contributed by atoms with E-state index in [4.69, 9.17) is 11.6 Å². The molecule has 0 fully saturated rings. The third kappa shape index (κ3) is 2.94. The third-order valence-corrected chi connectivity index (χ3v) is 2.57. The fraction of sp³-hybridized carbons (Fsp3) is 0.333. The number of nitrogens with one attached hydrogen (secondary N) is 1. The van der Waals surface area contributed by atoms with Gasteiger partial charge < -0.3 is 9.88 Å². The SMILES string of the molecule is CCn1cnnc1CNc1nc(Cl)ncc1[N+](=O)[O-]. The molecule has 0 unspecified atom stereocenters. The van der Waals surface area contributed by atoms with Gasteiger partial charge in [0.1, 0.15) is 12.5 Å². The van der Waals surface area contributed by atoms with E-state index in [-0.39, 0.29) is 23.3 Å². The summed E-state index contributed by atoms with van der Waals surface area (Å²) in [5.41, 5.74) is -0.244. The van der Waals surface area contributed by atoms with Crippen molar-refractivity contribution in [3.63, 3.8) is 0 Å². The highest BCUT2D eigenvalue weighted by atomic mass is 35.5. The lowest BCUT2D eigenvalue weighted by atomic mass is 10.4. The summed E-state index contributed by atoms with van der Waals surface area (Å²) in [6.45, 7) is 2.90. The van der Waals surface area contributed by atoms with Gasteiger partial charge in [-0.1, -0.05) is 0 Å². The van der Waals surface area contributed by atoms with Crippen LogP contribution in [0.2, 0.25) is 5.28 Å². The van der Waals surface area contributed by atoms with Crippen molar-refractivity contribution in [1.29, 1.82) is 0 Å². The van der Waals surface area contributed by atoms with Crippen LogP contribution < -0.4 is 5.32 Å². The smallest absolute Gasteiger partial charge is 0.329 e. The van der Waals surface area contributed by atoms with Crippen LogP contribution in [0.3, 0.4) is 0 Å². The van der Waals surface area contributed by atoms with Gasteiger partial charge in [-0.25, -0.2) is 4.98 Å². The van der Waals surface area contributed by atoms with Crippen molar-refractivity contribution in [2.24, 2.45) is 0 Å². The summed E-state index contributed by atoms with van der Waals surface area (Å²) in [5, 5.41) is 21.2. The second-order valence-corrected chi connectivity index (χ2v) is 3.85. The maximum atomic E-state index is 10.8. The Kier molecular flexibility index (Phi) is 3.85. The van der Waals surface area contributed by atoms with E-state index in [0.717, 1.165) is 6.20 Å². The van der Waals surface area contributed by atoms with Crippen molar-refractivity contribution < 1.29 is 4.92 Å². The molecule has 2 heterocycles.